The van der Waals surface area contributed by atoms with Gasteiger partial charge in [-0.2, -0.15) is 0 Å². The second kappa shape index (κ2) is 6.90. The lowest BCUT2D eigenvalue weighted by atomic mass is 9.86. The van der Waals surface area contributed by atoms with E-state index in [2.05, 4.69) is 6.92 Å². The molecule has 1 aliphatic rings. The molecule has 0 spiro atoms. The maximum atomic E-state index is 12.6. The van der Waals surface area contributed by atoms with Crippen molar-refractivity contribution in [3.63, 3.8) is 0 Å². The van der Waals surface area contributed by atoms with Crippen molar-refractivity contribution < 1.29 is 8.42 Å². The van der Waals surface area contributed by atoms with Gasteiger partial charge in [-0.1, -0.05) is 44.0 Å². The summed E-state index contributed by atoms with van der Waals surface area (Å²) < 4.78 is 26.9. The van der Waals surface area contributed by atoms with E-state index in [-0.39, 0.29) is 11.8 Å². The Morgan fingerprint density at radius 3 is 2.57 bits per heavy atom. The third-order valence-electron chi connectivity index (χ3n) is 4.55. The lowest BCUT2D eigenvalue weighted by Crippen LogP contribution is -2.43. The molecule has 2 atom stereocenters. The zero-order chi connectivity index (χ0) is 15.5. The standard InChI is InChI=1S/C16H26N2O2S/c1-13-6-3-4-9-16(13)18(2)21(19,20)12-15-8-5-7-14(10-15)11-17/h5,7-8,10,13,16H,3-4,6,9,11-12,17H2,1-2H3. The van der Waals surface area contributed by atoms with Crippen molar-refractivity contribution >= 4 is 10.0 Å². The molecule has 0 amide bonds. The van der Waals surface area contributed by atoms with E-state index in [0.717, 1.165) is 30.4 Å². The Balaban J connectivity index is 2.13. The van der Waals surface area contributed by atoms with Gasteiger partial charge in [0.2, 0.25) is 10.0 Å². The highest BCUT2D eigenvalue weighted by molar-refractivity contribution is 7.88. The average Bonchev–Trinajstić information content (AvgIpc) is 2.47. The molecule has 1 aromatic rings. The van der Waals surface area contributed by atoms with Crippen LogP contribution in [-0.2, 0) is 22.3 Å². The number of sulfonamides is 1. The van der Waals surface area contributed by atoms with Gasteiger partial charge >= 0.3 is 0 Å². The summed E-state index contributed by atoms with van der Waals surface area (Å²) in [7, 11) is -1.55. The van der Waals surface area contributed by atoms with E-state index in [9.17, 15) is 8.42 Å². The van der Waals surface area contributed by atoms with Crippen LogP contribution in [0.4, 0.5) is 0 Å². The summed E-state index contributed by atoms with van der Waals surface area (Å²) in [6.07, 6.45) is 4.43. The summed E-state index contributed by atoms with van der Waals surface area (Å²) in [6, 6.07) is 7.67. The fourth-order valence-electron chi connectivity index (χ4n) is 3.20. The number of nitrogens with two attached hydrogens (primary N) is 1. The molecule has 1 aromatic carbocycles. The quantitative estimate of drug-likeness (QED) is 0.909. The van der Waals surface area contributed by atoms with E-state index in [1.807, 2.05) is 24.3 Å². The average molecular weight is 310 g/mol. The minimum Gasteiger partial charge on any atom is -0.326 e. The van der Waals surface area contributed by atoms with Crippen LogP contribution in [0.15, 0.2) is 24.3 Å². The fourth-order valence-corrected chi connectivity index (χ4v) is 4.73. The highest BCUT2D eigenvalue weighted by Gasteiger charge is 2.31. The normalized spacial score (nSPS) is 23.4. The Labute approximate surface area is 128 Å². The summed E-state index contributed by atoms with van der Waals surface area (Å²) in [4.78, 5) is 0. The van der Waals surface area contributed by atoms with Gasteiger partial charge in [0.1, 0.15) is 0 Å². The second-order valence-electron chi connectivity index (χ2n) is 6.13. The van der Waals surface area contributed by atoms with Crippen molar-refractivity contribution in [1.82, 2.24) is 4.31 Å². The molecular weight excluding hydrogens is 284 g/mol. The van der Waals surface area contributed by atoms with Gasteiger partial charge in [-0.3, -0.25) is 0 Å². The van der Waals surface area contributed by atoms with Crippen LogP contribution in [0.5, 0.6) is 0 Å². The van der Waals surface area contributed by atoms with Crippen LogP contribution >= 0.6 is 0 Å². The first kappa shape index (κ1) is 16.5. The summed E-state index contributed by atoms with van der Waals surface area (Å²) >= 11 is 0. The van der Waals surface area contributed by atoms with Crippen molar-refractivity contribution in [2.75, 3.05) is 7.05 Å². The largest absolute Gasteiger partial charge is 0.326 e. The third-order valence-corrected chi connectivity index (χ3v) is 6.39. The molecule has 2 unspecified atom stereocenters. The summed E-state index contributed by atoms with van der Waals surface area (Å²) in [5.41, 5.74) is 7.40. The van der Waals surface area contributed by atoms with Gasteiger partial charge in [-0.25, -0.2) is 12.7 Å². The minimum absolute atomic E-state index is 0.0561. The maximum Gasteiger partial charge on any atom is 0.218 e. The Morgan fingerprint density at radius 1 is 1.24 bits per heavy atom. The van der Waals surface area contributed by atoms with Crippen LogP contribution in [-0.4, -0.2) is 25.8 Å². The zero-order valence-corrected chi connectivity index (χ0v) is 13.8. The number of rotatable bonds is 5. The molecule has 2 rings (SSSR count). The van der Waals surface area contributed by atoms with E-state index in [1.165, 1.54) is 6.42 Å². The molecule has 0 radical (unpaired) electrons. The predicted molar refractivity (Wildman–Crippen MR) is 86.1 cm³/mol. The smallest absolute Gasteiger partial charge is 0.218 e. The number of nitrogens with zero attached hydrogens (tertiary/aromatic N) is 1. The van der Waals surface area contributed by atoms with Crippen LogP contribution in [0, 0.1) is 5.92 Å². The topological polar surface area (TPSA) is 63.4 Å². The van der Waals surface area contributed by atoms with Gasteiger partial charge in [0.15, 0.2) is 0 Å². The van der Waals surface area contributed by atoms with Gasteiger partial charge in [-0.15, -0.1) is 0 Å². The second-order valence-corrected chi connectivity index (χ2v) is 8.15. The maximum absolute atomic E-state index is 12.6. The van der Waals surface area contributed by atoms with Crippen LogP contribution in [0.1, 0.15) is 43.7 Å². The molecule has 0 aromatic heterocycles. The molecule has 1 aliphatic carbocycles. The monoisotopic (exact) mass is 310 g/mol. The van der Waals surface area contributed by atoms with E-state index in [0.29, 0.717) is 12.5 Å². The van der Waals surface area contributed by atoms with Gasteiger partial charge in [0.25, 0.3) is 0 Å². The van der Waals surface area contributed by atoms with Gasteiger partial charge in [0.05, 0.1) is 5.75 Å². The number of hydrogen-bond donors (Lipinski definition) is 1. The zero-order valence-electron chi connectivity index (χ0n) is 13.0. The Morgan fingerprint density at radius 2 is 1.90 bits per heavy atom. The van der Waals surface area contributed by atoms with Crippen LogP contribution < -0.4 is 5.73 Å². The van der Waals surface area contributed by atoms with E-state index < -0.39 is 10.0 Å². The first-order valence-corrected chi connectivity index (χ1v) is 9.28. The molecule has 118 valence electrons. The Bertz CT molecular complexity index is 571. The molecule has 21 heavy (non-hydrogen) atoms. The summed E-state index contributed by atoms with van der Waals surface area (Å²) in [6.45, 7) is 2.59. The minimum atomic E-state index is -3.28. The van der Waals surface area contributed by atoms with Crippen LogP contribution in [0.3, 0.4) is 0 Å². The molecule has 1 fully saturated rings. The highest BCUT2D eigenvalue weighted by Crippen LogP contribution is 2.29. The van der Waals surface area contributed by atoms with Crippen LogP contribution in [0.2, 0.25) is 0 Å². The molecule has 0 saturated heterocycles. The molecule has 5 heteroatoms. The lowest BCUT2D eigenvalue weighted by Gasteiger charge is -2.35. The van der Waals surface area contributed by atoms with Crippen LogP contribution in [0.25, 0.3) is 0 Å². The molecule has 4 nitrogen and oxygen atoms in total. The first-order chi connectivity index (χ1) is 9.94. The van der Waals surface area contributed by atoms with Crippen molar-refractivity contribution in [1.29, 1.82) is 0 Å². The lowest BCUT2D eigenvalue weighted by molar-refractivity contribution is 0.213. The SMILES string of the molecule is CC1CCCCC1N(C)S(=O)(=O)Cc1cccc(CN)c1. The van der Waals surface area contributed by atoms with Crippen molar-refractivity contribution in [2.45, 2.75) is 50.9 Å². The van der Waals surface area contributed by atoms with Crippen molar-refractivity contribution in [2.24, 2.45) is 11.7 Å². The Kier molecular flexibility index (Phi) is 5.41. The Hall–Kier alpha value is -0.910. The summed E-state index contributed by atoms with van der Waals surface area (Å²) in [5, 5.41) is 0. The predicted octanol–water partition coefficient (Wildman–Crippen LogP) is 2.49. The molecule has 0 bridgehead atoms. The fraction of sp³-hybridized carbons (Fsp3) is 0.625. The number of benzene rings is 1. The van der Waals surface area contributed by atoms with Crippen molar-refractivity contribution in [3.8, 4) is 0 Å². The molecule has 0 heterocycles. The van der Waals surface area contributed by atoms with E-state index in [4.69, 9.17) is 5.73 Å². The van der Waals surface area contributed by atoms with Gasteiger partial charge < -0.3 is 5.73 Å². The molecule has 1 saturated carbocycles. The van der Waals surface area contributed by atoms with Crippen molar-refractivity contribution in [3.05, 3.63) is 35.4 Å². The summed E-state index contributed by atoms with van der Waals surface area (Å²) in [5.74, 6) is 0.495. The molecule has 2 N–H and O–H groups in total. The van der Waals surface area contributed by atoms with Gasteiger partial charge in [0, 0.05) is 19.6 Å². The molecule has 0 aliphatic heterocycles. The first-order valence-electron chi connectivity index (χ1n) is 7.67. The van der Waals surface area contributed by atoms with E-state index in [1.54, 1.807) is 11.4 Å². The third kappa shape index (κ3) is 4.05. The highest BCUT2D eigenvalue weighted by atomic mass is 32.2. The molecular formula is C16H26N2O2S. The van der Waals surface area contributed by atoms with E-state index >= 15 is 0 Å². The van der Waals surface area contributed by atoms with Gasteiger partial charge in [-0.05, 0) is 29.9 Å². The number of hydrogen-bond acceptors (Lipinski definition) is 3.